The largest absolute Gasteiger partial charge is 0.497 e. The molecular formula is C26H26N4O5. The van der Waals surface area contributed by atoms with Gasteiger partial charge in [-0.3, -0.25) is 19.8 Å². The second-order valence-electron chi connectivity index (χ2n) is 8.32. The summed E-state index contributed by atoms with van der Waals surface area (Å²) in [5.74, 6) is 0.302. The zero-order valence-corrected chi connectivity index (χ0v) is 19.6. The highest BCUT2D eigenvalue weighted by atomic mass is 16.6. The molecule has 35 heavy (non-hydrogen) atoms. The van der Waals surface area contributed by atoms with Crippen LogP contribution in [0.15, 0.2) is 66.7 Å². The number of nitrogens with zero attached hydrogens (tertiary/aromatic N) is 3. The number of benzene rings is 3. The number of hydrogen-bond acceptors (Lipinski definition) is 5. The zero-order chi connectivity index (χ0) is 24.9. The number of aryl methyl sites for hydroxylation is 1. The molecule has 0 bridgehead atoms. The molecule has 1 saturated heterocycles. The lowest BCUT2D eigenvalue weighted by Gasteiger charge is -2.36. The molecule has 1 aliphatic heterocycles. The maximum atomic E-state index is 13.2. The molecule has 1 heterocycles. The van der Waals surface area contributed by atoms with Crippen LogP contribution in [0.4, 0.5) is 21.9 Å². The van der Waals surface area contributed by atoms with Crippen molar-refractivity contribution in [1.29, 1.82) is 0 Å². The van der Waals surface area contributed by atoms with E-state index in [9.17, 15) is 19.7 Å². The molecule has 0 aromatic heterocycles. The van der Waals surface area contributed by atoms with Gasteiger partial charge in [-0.05, 0) is 55.3 Å². The Morgan fingerprint density at radius 3 is 2.57 bits per heavy atom. The summed E-state index contributed by atoms with van der Waals surface area (Å²) in [6.07, 6.45) is 0.811. The van der Waals surface area contributed by atoms with E-state index in [-0.39, 0.29) is 17.3 Å². The van der Waals surface area contributed by atoms with Crippen LogP contribution in [-0.2, 0) is 6.54 Å². The van der Waals surface area contributed by atoms with Gasteiger partial charge in [0, 0.05) is 48.2 Å². The number of nitro groups is 1. The van der Waals surface area contributed by atoms with Gasteiger partial charge < -0.3 is 15.0 Å². The lowest BCUT2D eigenvalue weighted by atomic mass is 10.1. The maximum Gasteiger partial charge on any atom is 0.324 e. The van der Waals surface area contributed by atoms with Gasteiger partial charge in [0.1, 0.15) is 5.75 Å². The SMILES string of the molecule is COc1ccc(CN2CCCN(c3cccc(NC(=O)c4ccc(C)c([N+](=O)[O-])c4)c3)C2=O)cc1. The Morgan fingerprint density at radius 2 is 1.86 bits per heavy atom. The second kappa shape index (κ2) is 10.3. The summed E-state index contributed by atoms with van der Waals surface area (Å²) in [5, 5.41) is 14.0. The predicted molar refractivity (Wildman–Crippen MR) is 133 cm³/mol. The molecule has 0 saturated carbocycles. The van der Waals surface area contributed by atoms with E-state index in [1.807, 2.05) is 30.3 Å². The number of rotatable bonds is 7. The summed E-state index contributed by atoms with van der Waals surface area (Å²) in [6.45, 7) is 3.34. The summed E-state index contributed by atoms with van der Waals surface area (Å²) >= 11 is 0. The van der Waals surface area contributed by atoms with E-state index in [1.54, 1.807) is 54.2 Å². The molecule has 3 aromatic rings. The number of amides is 3. The maximum absolute atomic E-state index is 13.2. The highest BCUT2D eigenvalue weighted by molar-refractivity contribution is 6.05. The molecule has 0 aliphatic carbocycles. The molecule has 0 spiro atoms. The summed E-state index contributed by atoms with van der Waals surface area (Å²) in [5.41, 5.74) is 2.73. The first-order valence-corrected chi connectivity index (χ1v) is 11.2. The van der Waals surface area contributed by atoms with Gasteiger partial charge in [-0.2, -0.15) is 0 Å². The van der Waals surface area contributed by atoms with Crippen LogP contribution in [0.5, 0.6) is 5.75 Å². The molecule has 1 N–H and O–H groups in total. The first kappa shape index (κ1) is 23.7. The van der Waals surface area contributed by atoms with E-state index in [1.165, 1.54) is 6.07 Å². The Morgan fingerprint density at radius 1 is 1.09 bits per heavy atom. The number of urea groups is 1. The fourth-order valence-corrected chi connectivity index (χ4v) is 4.02. The zero-order valence-electron chi connectivity index (χ0n) is 19.6. The molecule has 1 fully saturated rings. The topological polar surface area (TPSA) is 105 Å². The first-order chi connectivity index (χ1) is 16.9. The van der Waals surface area contributed by atoms with Gasteiger partial charge >= 0.3 is 6.03 Å². The molecule has 3 amide bonds. The number of carbonyl (C=O) groups excluding carboxylic acids is 2. The first-order valence-electron chi connectivity index (χ1n) is 11.2. The quantitative estimate of drug-likeness (QED) is 0.383. The van der Waals surface area contributed by atoms with Gasteiger partial charge in [-0.15, -0.1) is 0 Å². The van der Waals surface area contributed by atoms with Crippen molar-refractivity contribution in [1.82, 2.24) is 4.90 Å². The van der Waals surface area contributed by atoms with E-state index in [0.717, 1.165) is 17.7 Å². The van der Waals surface area contributed by atoms with Crippen LogP contribution in [0, 0.1) is 17.0 Å². The Hall–Kier alpha value is -4.40. The summed E-state index contributed by atoms with van der Waals surface area (Å²) in [6, 6.07) is 18.9. The Balaban J connectivity index is 1.47. The average molecular weight is 475 g/mol. The summed E-state index contributed by atoms with van der Waals surface area (Å²) in [7, 11) is 1.61. The Bertz CT molecular complexity index is 1260. The van der Waals surface area contributed by atoms with Crippen molar-refractivity contribution >= 4 is 29.0 Å². The van der Waals surface area contributed by atoms with Gasteiger partial charge in [0.25, 0.3) is 11.6 Å². The third kappa shape index (κ3) is 5.40. The van der Waals surface area contributed by atoms with Gasteiger partial charge in [-0.1, -0.05) is 24.3 Å². The Labute approximate surface area is 203 Å². The van der Waals surface area contributed by atoms with Crippen LogP contribution < -0.4 is 15.0 Å². The number of methoxy groups -OCH3 is 1. The fraction of sp³-hybridized carbons (Fsp3) is 0.231. The van der Waals surface area contributed by atoms with Crippen LogP contribution in [-0.4, -0.2) is 42.0 Å². The van der Waals surface area contributed by atoms with E-state index in [0.29, 0.717) is 36.6 Å². The Kier molecular flexibility index (Phi) is 6.96. The number of ether oxygens (including phenoxy) is 1. The van der Waals surface area contributed by atoms with Gasteiger partial charge in [0.15, 0.2) is 0 Å². The number of nitro benzene ring substituents is 1. The van der Waals surface area contributed by atoms with Crippen molar-refractivity contribution in [2.45, 2.75) is 19.9 Å². The molecule has 180 valence electrons. The van der Waals surface area contributed by atoms with E-state index < -0.39 is 10.8 Å². The van der Waals surface area contributed by atoms with Crippen LogP contribution in [0.1, 0.15) is 27.9 Å². The number of hydrogen-bond donors (Lipinski definition) is 1. The smallest absolute Gasteiger partial charge is 0.324 e. The van der Waals surface area contributed by atoms with E-state index in [2.05, 4.69) is 5.32 Å². The minimum absolute atomic E-state index is 0.107. The van der Waals surface area contributed by atoms with Crippen LogP contribution in [0.25, 0.3) is 0 Å². The standard InChI is InChI=1S/C26H26N4O5/c1-18-7-10-20(15-24(18)30(33)34)25(31)27-21-5-3-6-22(16-21)29-14-4-13-28(26(29)32)17-19-8-11-23(35-2)12-9-19/h3,5-12,15-16H,4,13-14,17H2,1-2H3,(H,27,31). The second-order valence-corrected chi connectivity index (χ2v) is 8.32. The van der Waals surface area contributed by atoms with Gasteiger partial charge in [0.2, 0.25) is 0 Å². The molecule has 3 aromatic carbocycles. The lowest BCUT2D eigenvalue weighted by molar-refractivity contribution is -0.385. The average Bonchev–Trinajstić information content (AvgIpc) is 2.86. The molecule has 0 unspecified atom stereocenters. The van der Waals surface area contributed by atoms with Crippen molar-refractivity contribution in [3.05, 3.63) is 93.5 Å². The van der Waals surface area contributed by atoms with E-state index in [4.69, 9.17) is 4.74 Å². The summed E-state index contributed by atoms with van der Waals surface area (Å²) < 4.78 is 5.19. The highest BCUT2D eigenvalue weighted by Crippen LogP contribution is 2.26. The third-order valence-electron chi connectivity index (χ3n) is 5.93. The van der Waals surface area contributed by atoms with Gasteiger partial charge in [0.05, 0.1) is 12.0 Å². The molecule has 0 radical (unpaired) electrons. The molecular weight excluding hydrogens is 448 g/mol. The fourth-order valence-electron chi connectivity index (χ4n) is 4.02. The molecule has 0 atom stereocenters. The van der Waals surface area contributed by atoms with Crippen LogP contribution in [0.2, 0.25) is 0 Å². The van der Waals surface area contributed by atoms with Crippen LogP contribution >= 0.6 is 0 Å². The van der Waals surface area contributed by atoms with Crippen molar-refractivity contribution in [2.75, 3.05) is 30.4 Å². The highest BCUT2D eigenvalue weighted by Gasteiger charge is 2.27. The number of anilines is 2. The van der Waals surface area contributed by atoms with E-state index >= 15 is 0 Å². The monoisotopic (exact) mass is 474 g/mol. The van der Waals surface area contributed by atoms with Crippen molar-refractivity contribution < 1.29 is 19.2 Å². The molecule has 4 rings (SSSR count). The summed E-state index contributed by atoms with van der Waals surface area (Å²) in [4.78, 5) is 40.1. The molecule has 9 heteroatoms. The van der Waals surface area contributed by atoms with Gasteiger partial charge in [-0.25, -0.2) is 4.79 Å². The minimum atomic E-state index is -0.508. The predicted octanol–water partition coefficient (Wildman–Crippen LogP) is 5.00. The minimum Gasteiger partial charge on any atom is -0.497 e. The normalized spacial score (nSPS) is 13.5. The van der Waals surface area contributed by atoms with Crippen molar-refractivity contribution in [2.24, 2.45) is 0 Å². The molecule has 9 nitrogen and oxygen atoms in total. The van der Waals surface area contributed by atoms with Crippen molar-refractivity contribution in [3.63, 3.8) is 0 Å². The number of carbonyl (C=O) groups is 2. The molecule has 1 aliphatic rings. The number of nitrogens with one attached hydrogen (secondary N) is 1. The lowest BCUT2D eigenvalue weighted by Crippen LogP contribution is -2.49. The van der Waals surface area contributed by atoms with Crippen molar-refractivity contribution in [3.8, 4) is 5.75 Å². The third-order valence-corrected chi connectivity index (χ3v) is 5.93. The van der Waals surface area contributed by atoms with Crippen LogP contribution in [0.3, 0.4) is 0 Å².